The lowest BCUT2D eigenvalue weighted by molar-refractivity contribution is -0.124. The number of nitrogens with one attached hydrogen (secondary N) is 3. The summed E-state index contributed by atoms with van der Waals surface area (Å²) in [7, 11) is 0. The van der Waals surface area contributed by atoms with Crippen LogP contribution in [0.4, 0.5) is 0 Å². The molecule has 6 nitrogen and oxygen atoms in total. The predicted octanol–water partition coefficient (Wildman–Crippen LogP) is 4.92. The van der Waals surface area contributed by atoms with E-state index in [9.17, 15) is 14.9 Å². The van der Waals surface area contributed by atoms with Gasteiger partial charge in [-0.3, -0.25) is 25.8 Å². The molecule has 178 valence electrons. The van der Waals surface area contributed by atoms with Crippen LogP contribution in [0.3, 0.4) is 0 Å². The minimum Gasteiger partial charge on any atom is -0.298 e. The first kappa shape index (κ1) is 26.5. The highest BCUT2D eigenvalue weighted by Crippen LogP contribution is 2.34. The van der Waals surface area contributed by atoms with E-state index in [1.54, 1.807) is 12.1 Å². The van der Waals surface area contributed by atoms with Crippen molar-refractivity contribution in [2.75, 3.05) is 0 Å². The summed E-state index contributed by atoms with van der Waals surface area (Å²) in [6.07, 6.45) is 5.61. The van der Waals surface area contributed by atoms with Gasteiger partial charge in [-0.2, -0.15) is 5.26 Å². The quantitative estimate of drug-likeness (QED) is 0.313. The van der Waals surface area contributed by atoms with Gasteiger partial charge in [0.15, 0.2) is 5.11 Å². The van der Waals surface area contributed by atoms with Crippen LogP contribution in [0.25, 0.3) is 0 Å². The van der Waals surface area contributed by atoms with Crippen molar-refractivity contribution in [1.82, 2.24) is 16.2 Å². The number of nitrogens with zero attached hydrogens (tertiary/aromatic N) is 1. The number of hydrazine groups is 1. The Balaban J connectivity index is 1.75. The van der Waals surface area contributed by atoms with Crippen molar-refractivity contribution in [3.05, 3.63) is 47.5 Å². The summed E-state index contributed by atoms with van der Waals surface area (Å²) >= 11 is 5.10. The van der Waals surface area contributed by atoms with E-state index in [4.69, 9.17) is 12.2 Å². The predicted molar refractivity (Wildman–Crippen MR) is 135 cm³/mol. The van der Waals surface area contributed by atoms with Crippen molar-refractivity contribution in [2.45, 2.75) is 71.6 Å². The van der Waals surface area contributed by atoms with Gasteiger partial charge in [0, 0.05) is 5.56 Å². The van der Waals surface area contributed by atoms with Crippen LogP contribution < -0.4 is 16.2 Å². The maximum absolute atomic E-state index is 12.4. The summed E-state index contributed by atoms with van der Waals surface area (Å²) < 4.78 is 0. The molecule has 1 aliphatic rings. The molecule has 0 heterocycles. The molecule has 1 aromatic rings. The standard InChI is InChI=1S/C26H36N4O2S/c1-17-13-18(2)15-19(14-17)7-6-8-21(16-27)24(32)29-30-25(33)28-23(31)20-9-11-22(12-10-20)26(3,4)5/h9-12,18-19,21H,1,6-8,13-15H2,2-5H3,(H,29,32)(H2,28,30,31,33). The molecule has 7 heteroatoms. The number of benzene rings is 1. The van der Waals surface area contributed by atoms with Crippen LogP contribution in [0, 0.1) is 29.1 Å². The Hall–Kier alpha value is -2.72. The Labute approximate surface area is 203 Å². The summed E-state index contributed by atoms with van der Waals surface area (Å²) in [6.45, 7) is 12.7. The van der Waals surface area contributed by atoms with Crippen molar-refractivity contribution >= 4 is 29.1 Å². The Kier molecular flexibility index (Phi) is 9.60. The highest BCUT2D eigenvalue weighted by molar-refractivity contribution is 7.80. The zero-order valence-corrected chi connectivity index (χ0v) is 21.0. The fourth-order valence-electron chi connectivity index (χ4n) is 4.34. The molecule has 0 bridgehead atoms. The van der Waals surface area contributed by atoms with Crippen LogP contribution in [0.1, 0.15) is 82.1 Å². The lowest BCUT2D eigenvalue weighted by Gasteiger charge is -2.28. The van der Waals surface area contributed by atoms with E-state index < -0.39 is 11.8 Å². The molecule has 3 unspecified atom stereocenters. The third-order valence-electron chi connectivity index (χ3n) is 6.07. The minimum atomic E-state index is -0.773. The number of allylic oxidation sites excluding steroid dienone is 1. The minimum absolute atomic E-state index is 0.00313. The maximum Gasteiger partial charge on any atom is 0.257 e. The second kappa shape index (κ2) is 11.9. The summed E-state index contributed by atoms with van der Waals surface area (Å²) in [5, 5.41) is 11.9. The van der Waals surface area contributed by atoms with E-state index in [1.807, 2.05) is 12.1 Å². The van der Waals surface area contributed by atoms with Gasteiger partial charge < -0.3 is 0 Å². The van der Waals surface area contributed by atoms with Gasteiger partial charge in [0.1, 0.15) is 5.92 Å². The van der Waals surface area contributed by atoms with Crippen molar-refractivity contribution in [1.29, 1.82) is 5.26 Å². The maximum atomic E-state index is 12.4. The van der Waals surface area contributed by atoms with Gasteiger partial charge in [0.05, 0.1) is 6.07 Å². The van der Waals surface area contributed by atoms with Crippen LogP contribution in [-0.2, 0) is 10.2 Å². The molecule has 0 spiro atoms. The first-order valence-electron chi connectivity index (χ1n) is 11.6. The van der Waals surface area contributed by atoms with E-state index in [0.29, 0.717) is 23.8 Å². The van der Waals surface area contributed by atoms with E-state index in [-0.39, 0.29) is 16.4 Å². The van der Waals surface area contributed by atoms with Crippen LogP contribution in [0.2, 0.25) is 0 Å². The fourth-order valence-corrected chi connectivity index (χ4v) is 4.48. The number of rotatable bonds is 6. The van der Waals surface area contributed by atoms with Crippen molar-refractivity contribution < 1.29 is 9.59 Å². The number of hydrogen-bond acceptors (Lipinski definition) is 4. The number of amides is 2. The lowest BCUT2D eigenvalue weighted by atomic mass is 9.77. The van der Waals surface area contributed by atoms with Gasteiger partial charge in [-0.05, 0) is 72.8 Å². The molecule has 3 N–H and O–H groups in total. The Bertz CT molecular complexity index is 912. The van der Waals surface area contributed by atoms with E-state index >= 15 is 0 Å². The first-order chi connectivity index (χ1) is 15.5. The molecule has 1 saturated carbocycles. The van der Waals surface area contributed by atoms with E-state index in [1.165, 1.54) is 12.0 Å². The lowest BCUT2D eigenvalue weighted by Crippen LogP contribution is -2.50. The second-order valence-electron chi connectivity index (χ2n) is 10.2. The molecule has 0 saturated heterocycles. The summed E-state index contributed by atoms with van der Waals surface area (Å²) in [4.78, 5) is 24.7. The average molecular weight is 469 g/mol. The van der Waals surface area contributed by atoms with Crippen LogP contribution >= 0.6 is 12.2 Å². The zero-order chi connectivity index (χ0) is 24.6. The average Bonchev–Trinajstić information content (AvgIpc) is 2.74. The Morgan fingerprint density at radius 2 is 1.88 bits per heavy atom. The first-order valence-corrected chi connectivity index (χ1v) is 12.0. The number of carbonyl (C=O) groups is 2. The molecule has 33 heavy (non-hydrogen) atoms. The highest BCUT2D eigenvalue weighted by Gasteiger charge is 2.23. The van der Waals surface area contributed by atoms with Gasteiger partial charge in [-0.25, -0.2) is 0 Å². The third kappa shape index (κ3) is 8.62. The molecule has 1 aromatic carbocycles. The van der Waals surface area contributed by atoms with E-state index in [0.717, 1.165) is 31.2 Å². The van der Waals surface area contributed by atoms with Crippen molar-refractivity contribution in [3.8, 4) is 6.07 Å². The van der Waals surface area contributed by atoms with Gasteiger partial charge in [0.25, 0.3) is 11.8 Å². The molecular weight excluding hydrogens is 432 g/mol. The Morgan fingerprint density at radius 1 is 1.21 bits per heavy atom. The normalized spacial score (nSPS) is 19.2. The molecule has 2 amide bonds. The smallest absolute Gasteiger partial charge is 0.257 e. The molecular formula is C26H36N4O2S. The molecule has 1 fully saturated rings. The largest absolute Gasteiger partial charge is 0.298 e. The summed E-state index contributed by atoms with van der Waals surface area (Å²) in [6, 6.07) is 9.37. The third-order valence-corrected chi connectivity index (χ3v) is 6.27. The fraction of sp³-hybridized carbons (Fsp3) is 0.538. The zero-order valence-electron chi connectivity index (χ0n) is 20.2. The number of thiocarbonyl (C=S) groups is 1. The van der Waals surface area contributed by atoms with Crippen molar-refractivity contribution in [2.24, 2.45) is 17.8 Å². The van der Waals surface area contributed by atoms with Gasteiger partial charge in [-0.15, -0.1) is 0 Å². The van der Waals surface area contributed by atoms with Gasteiger partial charge >= 0.3 is 0 Å². The number of carbonyl (C=O) groups excluding carboxylic acids is 2. The van der Waals surface area contributed by atoms with Crippen LogP contribution in [0.5, 0.6) is 0 Å². The molecule has 3 atom stereocenters. The monoisotopic (exact) mass is 468 g/mol. The number of nitriles is 1. The molecule has 0 aromatic heterocycles. The Morgan fingerprint density at radius 3 is 2.45 bits per heavy atom. The topological polar surface area (TPSA) is 94.0 Å². The number of hydrogen-bond donors (Lipinski definition) is 3. The van der Waals surface area contributed by atoms with Crippen molar-refractivity contribution in [3.63, 3.8) is 0 Å². The summed E-state index contributed by atoms with van der Waals surface area (Å²) in [5.41, 5.74) is 7.85. The van der Waals surface area contributed by atoms with Crippen LogP contribution in [0.15, 0.2) is 36.4 Å². The molecule has 0 aliphatic heterocycles. The molecule has 0 radical (unpaired) electrons. The second-order valence-corrected chi connectivity index (χ2v) is 10.6. The summed E-state index contributed by atoms with van der Waals surface area (Å²) in [5.74, 6) is -0.359. The van der Waals surface area contributed by atoms with Gasteiger partial charge in [0.2, 0.25) is 0 Å². The van der Waals surface area contributed by atoms with Gasteiger partial charge in [-0.1, -0.05) is 64.8 Å². The molecule has 1 aliphatic carbocycles. The molecule has 2 rings (SSSR count). The SMILES string of the molecule is C=C1CC(C)CC(CCCC(C#N)C(=O)NNC(=S)NC(=O)c2ccc(C(C)(C)C)cc2)C1. The highest BCUT2D eigenvalue weighted by atomic mass is 32.1. The van der Waals surface area contributed by atoms with E-state index in [2.05, 4.69) is 56.5 Å². The van der Waals surface area contributed by atoms with Crippen LogP contribution in [-0.4, -0.2) is 16.9 Å².